The highest BCUT2D eigenvalue weighted by atomic mass is 16.6. The van der Waals surface area contributed by atoms with Crippen LogP contribution in [0.2, 0.25) is 0 Å². The molecule has 0 bridgehead atoms. The standard InChI is InChI=1S/C17H19N3O3/c21-17(22-13-14-6-2-1-3-7-14)20-11-4-8-15(12-20)23-16-18-9-5-10-19-16/h1-3,5-7,9-10,15H,4,8,11-13H2. The van der Waals surface area contributed by atoms with Crippen molar-refractivity contribution in [1.29, 1.82) is 0 Å². The maximum Gasteiger partial charge on any atom is 0.410 e. The molecule has 1 aromatic carbocycles. The average Bonchev–Trinajstić information content (AvgIpc) is 2.62. The number of hydrogen-bond donors (Lipinski definition) is 0. The molecule has 1 saturated heterocycles. The molecule has 120 valence electrons. The fraction of sp³-hybridized carbons (Fsp3) is 0.353. The third kappa shape index (κ3) is 4.42. The summed E-state index contributed by atoms with van der Waals surface area (Å²) < 4.78 is 11.1. The molecule has 0 spiro atoms. The number of carbonyl (C=O) groups is 1. The maximum absolute atomic E-state index is 12.2. The van der Waals surface area contributed by atoms with E-state index in [4.69, 9.17) is 9.47 Å². The van der Waals surface area contributed by atoms with Gasteiger partial charge in [0.1, 0.15) is 12.7 Å². The molecule has 23 heavy (non-hydrogen) atoms. The van der Waals surface area contributed by atoms with Crippen LogP contribution in [0.1, 0.15) is 18.4 Å². The molecule has 0 saturated carbocycles. The Balaban J connectivity index is 1.50. The van der Waals surface area contributed by atoms with Crippen LogP contribution < -0.4 is 4.74 Å². The highest BCUT2D eigenvalue weighted by Crippen LogP contribution is 2.16. The van der Waals surface area contributed by atoms with Gasteiger partial charge < -0.3 is 14.4 Å². The molecule has 0 N–H and O–H groups in total. The molecule has 1 amide bonds. The minimum Gasteiger partial charge on any atom is -0.458 e. The largest absolute Gasteiger partial charge is 0.458 e. The predicted octanol–water partition coefficient (Wildman–Crippen LogP) is 2.66. The average molecular weight is 313 g/mol. The van der Waals surface area contributed by atoms with Gasteiger partial charge in [-0.05, 0) is 24.5 Å². The van der Waals surface area contributed by atoms with Crippen LogP contribution in [0.5, 0.6) is 6.01 Å². The molecule has 2 aromatic rings. The summed E-state index contributed by atoms with van der Waals surface area (Å²) in [5.74, 6) is 0. The van der Waals surface area contributed by atoms with Gasteiger partial charge in [0.15, 0.2) is 0 Å². The van der Waals surface area contributed by atoms with E-state index in [1.54, 1.807) is 23.4 Å². The van der Waals surface area contributed by atoms with Crippen molar-refractivity contribution < 1.29 is 14.3 Å². The summed E-state index contributed by atoms with van der Waals surface area (Å²) in [6.07, 6.45) is 4.61. The number of carbonyl (C=O) groups excluding carboxylic acids is 1. The third-order valence-corrected chi connectivity index (χ3v) is 3.66. The van der Waals surface area contributed by atoms with Crippen molar-refractivity contribution in [2.24, 2.45) is 0 Å². The first-order chi connectivity index (χ1) is 11.3. The lowest BCUT2D eigenvalue weighted by Crippen LogP contribution is -2.44. The summed E-state index contributed by atoms with van der Waals surface area (Å²) >= 11 is 0. The first-order valence-electron chi connectivity index (χ1n) is 7.70. The van der Waals surface area contributed by atoms with Gasteiger partial charge >= 0.3 is 12.1 Å². The van der Waals surface area contributed by atoms with E-state index in [0.717, 1.165) is 18.4 Å². The molecule has 6 heteroatoms. The van der Waals surface area contributed by atoms with E-state index in [1.807, 2.05) is 30.3 Å². The van der Waals surface area contributed by atoms with Crippen LogP contribution in [0.25, 0.3) is 0 Å². The Bertz CT molecular complexity index is 621. The molecular weight excluding hydrogens is 294 g/mol. The van der Waals surface area contributed by atoms with Gasteiger partial charge in [-0.2, -0.15) is 0 Å². The van der Waals surface area contributed by atoms with E-state index < -0.39 is 0 Å². The van der Waals surface area contributed by atoms with E-state index >= 15 is 0 Å². The van der Waals surface area contributed by atoms with Gasteiger partial charge in [0.2, 0.25) is 0 Å². The van der Waals surface area contributed by atoms with E-state index in [1.165, 1.54) is 0 Å². The number of benzene rings is 1. The van der Waals surface area contributed by atoms with Crippen molar-refractivity contribution in [2.75, 3.05) is 13.1 Å². The second-order valence-corrected chi connectivity index (χ2v) is 5.40. The molecule has 1 aromatic heterocycles. The van der Waals surface area contributed by atoms with Gasteiger partial charge in [0, 0.05) is 18.9 Å². The summed E-state index contributed by atoms with van der Waals surface area (Å²) in [6.45, 7) is 1.46. The zero-order chi connectivity index (χ0) is 15.9. The first-order valence-corrected chi connectivity index (χ1v) is 7.70. The highest BCUT2D eigenvalue weighted by Gasteiger charge is 2.26. The Hall–Kier alpha value is -2.63. The third-order valence-electron chi connectivity index (χ3n) is 3.66. The quantitative estimate of drug-likeness (QED) is 0.868. The molecule has 6 nitrogen and oxygen atoms in total. The highest BCUT2D eigenvalue weighted by molar-refractivity contribution is 5.67. The van der Waals surface area contributed by atoms with Crippen molar-refractivity contribution in [3.8, 4) is 6.01 Å². The smallest absolute Gasteiger partial charge is 0.410 e. The van der Waals surface area contributed by atoms with Crippen molar-refractivity contribution in [3.05, 3.63) is 54.4 Å². The second-order valence-electron chi connectivity index (χ2n) is 5.40. The minimum absolute atomic E-state index is 0.101. The number of amides is 1. The molecule has 0 aliphatic carbocycles. The topological polar surface area (TPSA) is 64.5 Å². The molecule has 1 aliphatic rings. The Kier molecular flexibility index (Phi) is 5.03. The van der Waals surface area contributed by atoms with Crippen molar-refractivity contribution in [1.82, 2.24) is 14.9 Å². The maximum atomic E-state index is 12.2. The summed E-state index contributed by atoms with van der Waals surface area (Å²) in [4.78, 5) is 22.0. The lowest BCUT2D eigenvalue weighted by atomic mass is 10.1. The number of aromatic nitrogens is 2. The van der Waals surface area contributed by atoms with Gasteiger partial charge in [0.05, 0.1) is 6.54 Å². The second kappa shape index (κ2) is 7.58. The van der Waals surface area contributed by atoms with Crippen molar-refractivity contribution in [3.63, 3.8) is 0 Å². The van der Waals surface area contributed by atoms with E-state index in [9.17, 15) is 4.79 Å². The molecule has 3 rings (SSSR count). The molecule has 2 heterocycles. The van der Waals surface area contributed by atoms with Crippen LogP contribution in [0, 0.1) is 0 Å². The molecule has 1 unspecified atom stereocenters. The summed E-state index contributed by atoms with van der Waals surface area (Å²) in [5.41, 5.74) is 0.975. The minimum atomic E-state index is -0.309. The molecule has 1 fully saturated rings. The van der Waals surface area contributed by atoms with Crippen LogP contribution in [0.4, 0.5) is 4.79 Å². The number of rotatable bonds is 4. The molecular formula is C17H19N3O3. The van der Waals surface area contributed by atoms with Gasteiger partial charge in [-0.1, -0.05) is 30.3 Å². The zero-order valence-corrected chi connectivity index (χ0v) is 12.8. The first kappa shape index (κ1) is 15.3. The van der Waals surface area contributed by atoms with Gasteiger partial charge in [0.25, 0.3) is 0 Å². The van der Waals surface area contributed by atoms with Crippen LogP contribution in [0.3, 0.4) is 0 Å². The van der Waals surface area contributed by atoms with Crippen LogP contribution in [0.15, 0.2) is 48.8 Å². The monoisotopic (exact) mass is 313 g/mol. The summed E-state index contributed by atoms with van der Waals surface area (Å²) in [5, 5.41) is 0. The Morgan fingerprint density at radius 1 is 1.17 bits per heavy atom. The number of ether oxygens (including phenoxy) is 2. The number of hydrogen-bond acceptors (Lipinski definition) is 5. The number of nitrogens with zero attached hydrogens (tertiary/aromatic N) is 3. The Morgan fingerprint density at radius 2 is 1.96 bits per heavy atom. The van der Waals surface area contributed by atoms with E-state index in [2.05, 4.69) is 9.97 Å². The van der Waals surface area contributed by atoms with Gasteiger partial charge in [-0.15, -0.1) is 0 Å². The van der Waals surface area contributed by atoms with Crippen LogP contribution in [-0.2, 0) is 11.3 Å². The number of likely N-dealkylation sites (tertiary alicyclic amines) is 1. The Morgan fingerprint density at radius 3 is 2.74 bits per heavy atom. The van der Waals surface area contributed by atoms with Crippen molar-refractivity contribution >= 4 is 6.09 Å². The van der Waals surface area contributed by atoms with Crippen LogP contribution in [-0.4, -0.2) is 40.2 Å². The molecule has 0 radical (unpaired) electrons. The van der Waals surface area contributed by atoms with E-state index in [0.29, 0.717) is 19.1 Å². The number of piperidine rings is 1. The molecule has 1 aliphatic heterocycles. The SMILES string of the molecule is O=C(OCc1ccccc1)N1CCCC(Oc2ncccn2)C1. The fourth-order valence-electron chi connectivity index (χ4n) is 2.51. The van der Waals surface area contributed by atoms with Crippen molar-refractivity contribution in [2.45, 2.75) is 25.6 Å². The normalized spacial score (nSPS) is 17.6. The van der Waals surface area contributed by atoms with E-state index in [-0.39, 0.29) is 18.8 Å². The summed E-state index contributed by atoms with van der Waals surface area (Å²) in [7, 11) is 0. The summed E-state index contributed by atoms with van der Waals surface area (Å²) in [6, 6.07) is 11.7. The van der Waals surface area contributed by atoms with Gasteiger partial charge in [-0.3, -0.25) is 0 Å². The zero-order valence-electron chi connectivity index (χ0n) is 12.8. The fourth-order valence-corrected chi connectivity index (χ4v) is 2.51. The Labute approximate surface area is 135 Å². The van der Waals surface area contributed by atoms with Gasteiger partial charge in [-0.25, -0.2) is 14.8 Å². The predicted molar refractivity (Wildman–Crippen MR) is 83.9 cm³/mol. The lowest BCUT2D eigenvalue weighted by molar-refractivity contribution is 0.0519. The van der Waals surface area contributed by atoms with Crippen LogP contribution >= 0.6 is 0 Å². The molecule has 1 atom stereocenters. The lowest BCUT2D eigenvalue weighted by Gasteiger charge is -2.31.